The van der Waals surface area contributed by atoms with Gasteiger partial charge in [0.1, 0.15) is 11.9 Å². The predicted octanol–water partition coefficient (Wildman–Crippen LogP) is 7.97. The summed E-state index contributed by atoms with van der Waals surface area (Å²) >= 11 is 5.98. The maximum absolute atomic E-state index is 14.0. The number of hydrogen-bond donors (Lipinski definition) is 3. The molecule has 10 heteroatoms. The van der Waals surface area contributed by atoms with E-state index in [1.54, 1.807) is 26.2 Å². The third-order valence-electron chi connectivity index (χ3n) is 15.8. The molecule has 0 aromatic carbocycles. The molecule has 52 heavy (non-hydrogen) atoms. The number of nitrogens with zero attached hydrogens (tertiary/aromatic N) is 2. The van der Waals surface area contributed by atoms with E-state index in [-0.39, 0.29) is 51.8 Å². The van der Waals surface area contributed by atoms with Crippen molar-refractivity contribution >= 4 is 29.3 Å². The Labute approximate surface area is 315 Å². The van der Waals surface area contributed by atoms with Gasteiger partial charge in [0.05, 0.1) is 29.5 Å². The van der Waals surface area contributed by atoms with Crippen molar-refractivity contribution in [3.8, 4) is 0 Å². The van der Waals surface area contributed by atoms with Gasteiger partial charge in [0.2, 0.25) is 0 Å². The minimum absolute atomic E-state index is 0.0341. The van der Waals surface area contributed by atoms with E-state index in [0.717, 1.165) is 56.9 Å². The number of ketones is 1. The summed E-state index contributed by atoms with van der Waals surface area (Å²) in [5.41, 5.74) is 0.279. The number of Topliss-reactive ketones (excluding diaryl/α,β-unsaturated/α-hetero) is 1. The number of carbonyl (C=O) groups excluding carboxylic acids is 2. The molecule has 5 aliphatic rings. The molecule has 0 radical (unpaired) electrons. The van der Waals surface area contributed by atoms with Crippen LogP contribution in [0.15, 0.2) is 23.5 Å². The van der Waals surface area contributed by atoms with Gasteiger partial charge in [-0.25, -0.2) is 9.97 Å². The number of carbonyl (C=O) groups is 3. The van der Waals surface area contributed by atoms with Crippen molar-refractivity contribution in [2.75, 3.05) is 6.54 Å². The molecular formula is C42H62ClN3O6. The Hall–Kier alpha value is -2.36. The average molecular weight is 740 g/mol. The number of ether oxygens (including phenoxy) is 1. The molecule has 0 spiro atoms. The van der Waals surface area contributed by atoms with E-state index in [4.69, 9.17) is 16.3 Å². The molecule has 9 nitrogen and oxygen atoms in total. The molecule has 5 aliphatic carbocycles. The van der Waals surface area contributed by atoms with E-state index in [9.17, 15) is 24.6 Å². The summed E-state index contributed by atoms with van der Waals surface area (Å²) in [6, 6.07) is 0. The Balaban J connectivity index is 1.26. The zero-order chi connectivity index (χ0) is 38.2. The number of rotatable bonds is 10. The molecule has 6 rings (SSSR count). The van der Waals surface area contributed by atoms with Crippen LogP contribution in [0.25, 0.3) is 0 Å². The second-order valence-electron chi connectivity index (χ2n) is 19.5. The Morgan fingerprint density at radius 1 is 0.981 bits per heavy atom. The highest BCUT2D eigenvalue weighted by atomic mass is 35.5. The van der Waals surface area contributed by atoms with E-state index in [2.05, 4.69) is 63.8 Å². The topological polar surface area (TPSA) is 139 Å². The van der Waals surface area contributed by atoms with Crippen molar-refractivity contribution in [2.45, 2.75) is 145 Å². The van der Waals surface area contributed by atoms with Crippen molar-refractivity contribution in [2.24, 2.45) is 56.2 Å². The van der Waals surface area contributed by atoms with E-state index >= 15 is 0 Å². The number of carboxylic acids is 1. The number of halogens is 1. The summed E-state index contributed by atoms with van der Waals surface area (Å²) in [7, 11) is 0. The van der Waals surface area contributed by atoms with Crippen molar-refractivity contribution in [3.63, 3.8) is 0 Å². The third kappa shape index (κ3) is 6.07. The molecule has 0 aliphatic heterocycles. The standard InChI is InChI=1S/C42H62ClN3O6/c1-24(2)34-27(47)18-42(30(48)22-44-23-32-45-20-25(43)21-46-32)17-16-40(8)26(35(34)42)10-11-29-39(7)14-13-31(52-33(49)19-37(3,4)36(50)51)38(5,6)28(39)12-15-41(29,40)9/h20-21,24,26,28-31,44,48H,10-19,22-23H2,1-9H3,(H,50,51)/t26-,28+,29-,30?,31+,39+,40-,41-,42?/m1/s1. The first-order chi connectivity index (χ1) is 24.1. The summed E-state index contributed by atoms with van der Waals surface area (Å²) in [6.45, 7) is 20.3. The van der Waals surface area contributed by atoms with Gasteiger partial charge in [0.15, 0.2) is 5.78 Å². The van der Waals surface area contributed by atoms with Crippen LogP contribution >= 0.6 is 11.6 Å². The average Bonchev–Trinajstić information content (AvgIpc) is 3.36. The monoisotopic (exact) mass is 739 g/mol. The molecule has 0 amide bonds. The quantitative estimate of drug-likeness (QED) is 0.204. The fourth-order valence-electron chi connectivity index (χ4n) is 12.9. The highest BCUT2D eigenvalue weighted by Gasteiger charge is 2.70. The minimum atomic E-state index is -1.17. The first-order valence-corrected chi connectivity index (χ1v) is 20.1. The predicted molar refractivity (Wildman–Crippen MR) is 200 cm³/mol. The second kappa shape index (κ2) is 13.4. The van der Waals surface area contributed by atoms with Crippen LogP contribution in [0.3, 0.4) is 0 Å². The van der Waals surface area contributed by atoms with Crippen LogP contribution in [0.2, 0.25) is 5.02 Å². The number of aliphatic hydroxyl groups is 1. The van der Waals surface area contributed by atoms with E-state index in [1.165, 1.54) is 5.57 Å². The molecular weight excluding hydrogens is 678 g/mol. The van der Waals surface area contributed by atoms with Crippen LogP contribution in [0.1, 0.15) is 132 Å². The minimum Gasteiger partial charge on any atom is -0.481 e. The maximum Gasteiger partial charge on any atom is 0.309 e. The number of hydrogen-bond acceptors (Lipinski definition) is 8. The summed E-state index contributed by atoms with van der Waals surface area (Å²) in [5.74, 6) is 0.541. The lowest BCUT2D eigenvalue weighted by atomic mass is 9.33. The number of aliphatic hydroxyl groups excluding tert-OH is 1. The molecule has 3 N–H and O–H groups in total. The van der Waals surface area contributed by atoms with Gasteiger partial charge < -0.3 is 20.3 Å². The number of aliphatic carboxylic acids is 1. The van der Waals surface area contributed by atoms with Crippen molar-refractivity contribution in [1.82, 2.24) is 15.3 Å². The first-order valence-electron chi connectivity index (χ1n) is 19.7. The molecule has 0 saturated heterocycles. The molecule has 1 aromatic rings. The smallest absolute Gasteiger partial charge is 0.309 e. The van der Waals surface area contributed by atoms with Gasteiger partial charge >= 0.3 is 11.9 Å². The number of carboxylic acid groups (broad SMARTS) is 1. The first kappa shape index (κ1) is 39.3. The number of fused-ring (bicyclic) bond motifs is 7. The lowest BCUT2D eigenvalue weighted by Gasteiger charge is -2.72. The molecule has 288 valence electrons. The van der Waals surface area contributed by atoms with Crippen molar-refractivity contribution < 1.29 is 29.3 Å². The van der Waals surface area contributed by atoms with Crippen LogP contribution in [-0.4, -0.2) is 56.7 Å². The van der Waals surface area contributed by atoms with Crippen molar-refractivity contribution in [1.29, 1.82) is 0 Å². The summed E-state index contributed by atoms with van der Waals surface area (Å²) in [6.07, 6.45) is 10.1. The van der Waals surface area contributed by atoms with E-state index in [0.29, 0.717) is 42.2 Å². The summed E-state index contributed by atoms with van der Waals surface area (Å²) < 4.78 is 6.16. The Bertz CT molecular complexity index is 1620. The zero-order valence-electron chi connectivity index (χ0n) is 32.9. The molecule has 9 atom stereocenters. The Morgan fingerprint density at radius 2 is 1.65 bits per heavy atom. The second-order valence-corrected chi connectivity index (χ2v) is 20.0. The SMILES string of the molecule is CC(C)C1=C2[C@H]3CC[C@@H]4[C@@]5(C)CC[C@H](OC(=O)CC(C)(C)C(=O)O)C(C)(C)[C@@H]5CC[C@@]4(C)[C@]3(C)CCC2(C(O)CNCc2ncc(Cl)cn2)CC1=O. The largest absolute Gasteiger partial charge is 0.481 e. The van der Waals surface area contributed by atoms with Gasteiger partial charge in [-0.15, -0.1) is 0 Å². The number of esters is 1. The molecule has 1 heterocycles. The third-order valence-corrected chi connectivity index (χ3v) is 16.0. The number of nitrogens with one attached hydrogen (secondary N) is 1. The van der Waals surface area contributed by atoms with E-state index < -0.39 is 28.9 Å². The highest BCUT2D eigenvalue weighted by molar-refractivity contribution is 6.30. The Kier molecular flexibility index (Phi) is 10.2. The fraction of sp³-hybridized carbons (Fsp3) is 0.786. The van der Waals surface area contributed by atoms with Gasteiger partial charge in [0.25, 0.3) is 0 Å². The highest BCUT2D eigenvalue weighted by Crippen LogP contribution is 2.77. The van der Waals surface area contributed by atoms with Crippen LogP contribution in [0, 0.1) is 56.2 Å². The van der Waals surface area contributed by atoms with Crippen LogP contribution in [0.5, 0.6) is 0 Å². The number of allylic oxidation sites excluding steroid dienone is 1. The lowest BCUT2D eigenvalue weighted by Crippen LogP contribution is -2.66. The fourth-order valence-corrected chi connectivity index (χ4v) is 13.0. The van der Waals surface area contributed by atoms with Gasteiger partial charge in [-0.1, -0.05) is 65.6 Å². The van der Waals surface area contributed by atoms with Crippen molar-refractivity contribution in [3.05, 3.63) is 34.4 Å². The maximum atomic E-state index is 14.0. The zero-order valence-corrected chi connectivity index (χ0v) is 33.7. The molecule has 4 saturated carbocycles. The van der Waals surface area contributed by atoms with Gasteiger partial charge in [-0.3, -0.25) is 14.4 Å². The van der Waals surface area contributed by atoms with Crippen LogP contribution in [0.4, 0.5) is 0 Å². The van der Waals surface area contributed by atoms with Gasteiger partial charge in [-0.05, 0) is 111 Å². The summed E-state index contributed by atoms with van der Waals surface area (Å²) in [5, 5.41) is 25.6. The lowest BCUT2D eigenvalue weighted by molar-refractivity contribution is -0.235. The summed E-state index contributed by atoms with van der Waals surface area (Å²) in [4.78, 5) is 47.4. The molecule has 1 aromatic heterocycles. The Morgan fingerprint density at radius 3 is 2.29 bits per heavy atom. The molecule has 0 bridgehead atoms. The van der Waals surface area contributed by atoms with Crippen LogP contribution < -0.4 is 5.32 Å². The normalized spacial score (nSPS) is 37.5. The van der Waals surface area contributed by atoms with Gasteiger partial charge in [-0.2, -0.15) is 0 Å². The van der Waals surface area contributed by atoms with Gasteiger partial charge in [0, 0.05) is 36.2 Å². The molecule has 2 unspecified atom stereocenters. The van der Waals surface area contributed by atoms with Crippen LogP contribution in [-0.2, 0) is 25.7 Å². The number of aromatic nitrogens is 2. The molecule has 4 fully saturated rings. The van der Waals surface area contributed by atoms with E-state index in [1.807, 2.05) is 0 Å².